The van der Waals surface area contributed by atoms with Crippen LogP contribution in [0, 0.1) is 6.92 Å². The molecule has 3 aromatic rings. The second-order valence-corrected chi connectivity index (χ2v) is 8.09. The highest BCUT2D eigenvalue weighted by Crippen LogP contribution is 2.33. The molecule has 0 fully saturated rings. The van der Waals surface area contributed by atoms with Gasteiger partial charge in [0, 0.05) is 21.4 Å². The molecule has 3 rings (SSSR count). The Balaban J connectivity index is 1.71. The minimum Gasteiger partial charge on any atom is -0.495 e. The van der Waals surface area contributed by atoms with E-state index < -0.39 is 0 Å². The Morgan fingerprint density at radius 1 is 0.862 bits per heavy atom. The van der Waals surface area contributed by atoms with Crippen molar-refractivity contribution in [1.82, 2.24) is 0 Å². The molecule has 148 valence electrons. The Morgan fingerprint density at radius 3 is 2.07 bits per heavy atom. The molecule has 0 aromatic heterocycles. The molecular weight excluding hydrogens is 500 g/mol. The van der Waals surface area contributed by atoms with Crippen LogP contribution in [-0.2, 0) is 0 Å². The van der Waals surface area contributed by atoms with Crippen LogP contribution in [0.5, 0.6) is 5.75 Å². The lowest BCUT2D eigenvalue weighted by atomic mass is 10.1. The third-order valence-electron chi connectivity index (χ3n) is 4.14. The molecule has 0 spiro atoms. The molecule has 0 atom stereocenters. The maximum Gasteiger partial charge on any atom is 0.259 e. The van der Waals surface area contributed by atoms with E-state index in [0.717, 1.165) is 10.0 Å². The molecule has 2 N–H and O–H groups in total. The standard InChI is InChI=1S/C22H18Br2N2O3/c1-13-4-3-5-14(10-13)21(27)25-16-6-8-17(9-7-16)26-22(28)18-11-15(23)12-19(24)20(18)29-2/h3-12H,1-2H3,(H,25,27)(H,26,28). The first kappa shape index (κ1) is 21.1. The van der Waals surface area contributed by atoms with E-state index in [-0.39, 0.29) is 11.8 Å². The van der Waals surface area contributed by atoms with E-state index in [2.05, 4.69) is 42.5 Å². The van der Waals surface area contributed by atoms with Crippen molar-refractivity contribution >= 4 is 55.0 Å². The molecule has 29 heavy (non-hydrogen) atoms. The molecular formula is C22H18Br2N2O3. The van der Waals surface area contributed by atoms with Crippen LogP contribution in [-0.4, -0.2) is 18.9 Å². The summed E-state index contributed by atoms with van der Waals surface area (Å²) in [7, 11) is 1.51. The Morgan fingerprint density at radius 2 is 1.48 bits per heavy atom. The Bertz CT molecular complexity index is 1070. The fraction of sp³-hybridized carbons (Fsp3) is 0.0909. The summed E-state index contributed by atoms with van der Waals surface area (Å²) in [6, 6.07) is 17.8. The summed E-state index contributed by atoms with van der Waals surface area (Å²) in [4.78, 5) is 25.0. The lowest BCUT2D eigenvalue weighted by molar-refractivity contribution is 0.101. The van der Waals surface area contributed by atoms with E-state index in [9.17, 15) is 9.59 Å². The third kappa shape index (κ3) is 5.25. The van der Waals surface area contributed by atoms with Gasteiger partial charge in [0.05, 0.1) is 17.1 Å². The van der Waals surface area contributed by atoms with Crippen LogP contribution in [0.1, 0.15) is 26.3 Å². The van der Waals surface area contributed by atoms with Gasteiger partial charge < -0.3 is 15.4 Å². The molecule has 0 aliphatic carbocycles. The van der Waals surface area contributed by atoms with Gasteiger partial charge in [0.25, 0.3) is 11.8 Å². The molecule has 0 aliphatic heterocycles. The maximum absolute atomic E-state index is 12.7. The first-order valence-electron chi connectivity index (χ1n) is 8.70. The number of rotatable bonds is 5. The van der Waals surface area contributed by atoms with E-state index in [1.54, 1.807) is 42.5 Å². The summed E-state index contributed by atoms with van der Waals surface area (Å²) in [6.07, 6.45) is 0. The Hall–Kier alpha value is -2.64. The number of hydrogen-bond acceptors (Lipinski definition) is 3. The van der Waals surface area contributed by atoms with E-state index in [0.29, 0.717) is 32.7 Å². The number of hydrogen-bond donors (Lipinski definition) is 2. The van der Waals surface area contributed by atoms with Crippen molar-refractivity contribution in [3.63, 3.8) is 0 Å². The third-order valence-corrected chi connectivity index (χ3v) is 5.18. The Kier molecular flexibility index (Phi) is 6.71. The van der Waals surface area contributed by atoms with Crippen LogP contribution in [0.2, 0.25) is 0 Å². The largest absolute Gasteiger partial charge is 0.495 e. The number of methoxy groups -OCH3 is 1. The highest BCUT2D eigenvalue weighted by Gasteiger charge is 2.16. The van der Waals surface area contributed by atoms with Crippen molar-refractivity contribution in [2.75, 3.05) is 17.7 Å². The second kappa shape index (κ2) is 9.24. The number of carbonyl (C=O) groups excluding carboxylic acids is 2. The smallest absolute Gasteiger partial charge is 0.259 e. The Labute approximate surface area is 185 Å². The highest BCUT2D eigenvalue weighted by atomic mass is 79.9. The summed E-state index contributed by atoms with van der Waals surface area (Å²) in [5.74, 6) is -0.0395. The quantitative estimate of drug-likeness (QED) is 0.434. The number of halogens is 2. The molecule has 7 heteroatoms. The van der Waals surface area contributed by atoms with E-state index >= 15 is 0 Å². The predicted octanol–water partition coefficient (Wildman–Crippen LogP) is 6.03. The predicted molar refractivity (Wildman–Crippen MR) is 122 cm³/mol. The highest BCUT2D eigenvalue weighted by molar-refractivity contribution is 9.11. The van der Waals surface area contributed by atoms with Gasteiger partial charge in [-0.2, -0.15) is 0 Å². The zero-order chi connectivity index (χ0) is 21.0. The molecule has 0 bridgehead atoms. The van der Waals surface area contributed by atoms with Crippen molar-refractivity contribution in [2.45, 2.75) is 6.92 Å². The number of nitrogens with one attached hydrogen (secondary N) is 2. The van der Waals surface area contributed by atoms with E-state index in [1.165, 1.54) is 7.11 Å². The number of aryl methyl sites for hydroxylation is 1. The first-order chi connectivity index (χ1) is 13.9. The van der Waals surface area contributed by atoms with Crippen LogP contribution >= 0.6 is 31.9 Å². The number of benzene rings is 3. The molecule has 0 saturated carbocycles. The molecule has 5 nitrogen and oxygen atoms in total. The zero-order valence-electron chi connectivity index (χ0n) is 15.8. The van der Waals surface area contributed by atoms with Crippen LogP contribution in [0.4, 0.5) is 11.4 Å². The van der Waals surface area contributed by atoms with Crippen LogP contribution in [0.15, 0.2) is 69.6 Å². The van der Waals surface area contributed by atoms with Gasteiger partial charge in [-0.1, -0.05) is 33.6 Å². The topological polar surface area (TPSA) is 67.4 Å². The van der Waals surface area contributed by atoms with Gasteiger partial charge in [0.2, 0.25) is 0 Å². The molecule has 0 saturated heterocycles. The average Bonchev–Trinajstić information content (AvgIpc) is 2.69. The fourth-order valence-corrected chi connectivity index (χ4v) is 4.15. The summed E-state index contributed by atoms with van der Waals surface area (Å²) >= 11 is 6.77. The van der Waals surface area contributed by atoms with Crippen molar-refractivity contribution in [2.24, 2.45) is 0 Å². The minimum absolute atomic E-state index is 0.186. The SMILES string of the molecule is COc1c(Br)cc(Br)cc1C(=O)Nc1ccc(NC(=O)c2cccc(C)c2)cc1. The van der Waals surface area contributed by atoms with Crippen LogP contribution in [0.25, 0.3) is 0 Å². The van der Waals surface area contributed by atoms with Gasteiger partial charge in [-0.15, -0.1) is 0 Å². The molecule has 0 unspecified atom stereocenters. The van der Waals surface area contributed by atoms with Crippen molar-refractivity contribution in [3.8, 4) is 5.75 Å². The van der Waals surface area contributed by atoms with Crippen molar-refractivity contribution in [1.29, 1.82) is 0 Å². The normalized spacial score (nSPS) is 10.3. The monoisotopic (exact) mass is 516 g/mol. The molecule has 2 amide bonds. The van der Waals surface area contributed by atoms with Gasteiger partial charge in [-0.25, -0.2) is 0 Å². The van der Waals surface area contributed by atoms with Gasteiger partial charge >= 0.3 is 0 Å². The second-order valence-electron chi connectivity index (χ2n) is 6.32. The van der Waals surface area contributed by atoms with Gasteiger partial charge in [-0.05, 0) is 71.4 Å². The lowest BCUT2D eigenvalue weighted by Crippen LogP contribution is -2.14. The summed E-state index contributed by atoms with van der Waals surface area (Å²) < 4.78 is 6.76. The van der Waals surface area contributed by atoms with Crippen molar-refractivity contribution in [3.05, 3.63) is 86.3 Å². The summed E-state index contributed by atoms with van der Waals surface area (Å²) in [5, 5.41) is 5.68. The molecule has 0 aliphatic rings. The van der Waals surface area contributed by atoms with Crippen molar-refractivity contribution < 1.29 is 14.3 Å². The summed E-state index contributed by atoms with van der Waals surface area (Å²) in [5.41, 5.74) is 3.24. The maximum atomic E-state index is 12.7. The molecule has 3 aromatic carbocycles. The van der Waals surface area contributed by atoms with Crippen LogP contribution < -0.4 is 15.4 Å². The first-order valence-corrected chi connectivity index (χ1v) is 10.3. The molecule has 0 heterocycles. The minimum atomic E-state index is -0.305. The number of ether oxygens (including phenoxy) is 1. The average molecular weight is 518 g/mol. The fourth-order valence-electron chi connectivity index (χ4n) is 2.76. The van der Waals surface area contributed by atoms with E-state index in [4.69, 9.17) is 4.74 Å². The number of carbonyl (C=O) groups is 2. The zero-order valence-corrected chi connectivity index (χ0v) is 18.9. The number of anilines is 2. The van der Waals surface area contributed by atoms with Gasteiger partial charge in [0.1, 0.15) is 5.75 Å². The van der Waals surface area contributed by atoms with Gasteiger partial charge in [-0.3, -0.25) is 9.59 Å². The van der Waals surface area contributed by atoms with Gasteiger partial charge in [0.15, 0.2) is 0 Å². The molecule has 0 radical (unpaired) electrons. The summed E-state index contributed by atoms with van der Waals surface area (Å²) in [6.45, 7) is 1.94. The van der Waals surface area contributed by atoms with Crippen LogP contribution in [0.3, 0.4) is 0 Å². The number of amides is 2. The van der Waals surface area contributed by atoms with E-state index in [1.807, 2.05) is 25.1 Å². The lowest BCUT2D eigenvalue weighted by Gasteiger charge is -2.12.